The van der Waals surface area contributed by atoms with E-state index >= 15 is 0 Å². The average molecular weight is 260 g/mol. The maximum atomic E-state index is 5.48. The molecule has 0 radical (unpaired) electrons. The molecule has 0 aliphatic heterocycles. The highest BCUT2D eigenvalue weighted by Gasteiger charge is 2.08. The van der Waals surface area contributed by atoms with Crippen molar-refractivity contribution in [1.82, 2.24) is 15.0 Å². The molecule has 0 spiro atoms. The van der Waals surface area contributed by atoms with E-state index in [2.05, 4.69) is 20.3 Å². The predicted octanol–water partition coefficient (Wildman–Crippen LogP) is 1.64. The summed E-state index contributed by atoms with van der Waals surface area (Å²) in [6.07, 6.45) is 4.74. The summed E-state index contributed by atoms with van der Waals surface area (Å²) in [5, 5.41) is 3.26. The van der Waals surface area contributed by atoms with Crippen LogP contribution in [0.25, 0.3) is 0 Å². The number of nitrogens with one attached hydrogen (secondary N) is 2. The number of anilines is 3. The number of aromatic nitrogens is 3. The topological polar surface area (TPSA) is 82.9 Å². The van der Waals surface area contributed by atoms with Gasteiger partial charge in [-0.25, -0.2) is 9.97 Å². The fraction of sp³-hybridized carbons (Fsp3) is 0.385. The number of H-pyrrole nitrogens is 1. The van der Waals surface area contributed by atoms with Crippen LogP contribution in [0, 0.1) is 6.92 Å². The van der Waals surface area contributed by atoms with Crippen molar-refractivity contribution in [3.05, 3.63) is 30.4 Å². The Labute approximate surface area is 113 Å². The zero-order valence-electron chi connectivity index (χ0n) is 11.3. The molecule has 6 heteroatoms. The molecule has 0 unspecified atom stereocenters. The van der Waals surface area contributed by atoms with E-state index < -0.39 is 0 Å². The Bertz CT molecular complexity index is 508. The van der Waals surface area contributed by atoms with Crippen LogP contribution in [0.2, 0.25) is 0 Å². The standard InChI is InChI=1S/C13H20N6/c1-10-17-12(16-6-3-5-14)8-13(18-10)19(2)11-4-7-15-9-11/h4,7-9,15H,3,5-6,14H2,1-2H3,(H,16,17,18). The highest BCUT2D eigenvalue weighted by atomic mass is 15.2. The van der Waals surface area contributed by atoms with E-state index in [1.807, 2.05) is 43.4 Å². The minimum atomic E-state index is 0.674. The van der Waals surface area contributed by atoms with Gasteiger partial charge in [0.25, 0.3) is 0 Å². The van der Waals surface area contributed by atoms with E-state index in [1.54, 1.807) is 0 Å². The van der Waals surface area contributed by atoms with E-state index in [0.29, 0.717) is 6.54 Å². The van der Waals surface area contributed by atoms with Gasteiger partial charge in [0.15, 0.2) is 0 Å². The van der Waals surface area contributed by atoms with Gasteiger partial charge in [-0.1, -0.05) is 0 Å². The molecule has 0 aliphatic carbocycles. The monoisotopic (exact) mass is 260 g/mol. The van der Waals surface area contributed by atoms with Crippen LogP contribution >= 0.6 is 0 Å². The first kappa shape index (κ1) is 13.4. The van der Waals surface area contributed by atoms with Gasteiger partial charge in [0.05, 0.1) is 5.69 Å². The third-order valence-corrected chi connectivity index (χ3v) is 2.82. The Morgan fingerprint density at radius 3 is 2.95 bits per heavy atom. The molecule has 2 rings (SSSR count). The summed E-state index contributed by atoms with van der Waals surface area (Å²) >= 11 is 0. The summed E-state index contributed by atoms with van der Waals surface area (Å²) in [7, 11) is 1.98. The molecule has 0 fully saturated rings. The molecule has 0 saturated heterocycles. The lowest BCUT2D eigenvalue weighted by molar-refractivity contribution is 0.866. The van der Waals surface area contributed by atoms with Crippen LogP contribution in [-0.4, -0.2) is 35.1 Å². The summed E-state index contributed by atoms with van der Waals surface area (Å²) in [6, 6.07) is 3.94. The summed E-state index contributed by atoms with van der Waals surface area (Å²) in [4.78, 5) is 13.9. The molecule has 0 bridgehead atoms. The van der Waals surface area contributed by atoms with Gasteiger partial charge in [-0.05, 0) is 26.0 Å². The molecule has 2 aromatic rings. The van der Waals surface area contributed by atoms with Gasteiger partial charge < -0.3 is 20.9 Å². The second-order valence-corrected chi connectivity index (χ2v) is 4.36. The van der Waals surface area contributed by atoms with Crippen LogP contribution in [0.1, 0.15) is 12.2 Å². The molecule has 0 atom stereocenters. The lowest BCUT2D eigenvalue weighted by Crippen LogP contribution is -2.14. The van der Waals surface area contributed by atoms with Crippen molar-refractivity contribution >= 4 is 17.3 Å². The third-order valence-electron chi connectivity index (χ3n) is 2.82. The number of nitrogens with zero attached hydrogens (tertiary/aromatic N) is 3. The average Bonchev–Trinajstić information content (AvgIpc) is 2.91. The molecule has 0 amide bonds. The number of nitrogens with two attached hydrogens (primary N) is 1. The first-order valence-electron chi connectivity index (χ1n) is 6.37. The predicted molar refractivity (Wildman–Crippen MR) is 77.8 cm³/mol. The molecular formula is C13H20N6. The van der Waals surface area contributed by atoms with E-state index in [4.69, 9.17) is 5.73 Å². The smallest absolute Gasteiger partial charge is 0.138 e. The second kappa shape index (κ2) is 6.19. The lowest BCUT2D eigenvalue weighted by atomic mass is 10.4. The molecular weight excluding hydrogens is 240 g/mol. The Morgan fingerprint density at radius 2 is 2.26 bits per heavy atom. The van der Waals surface area contributed by atoms with Crippen molar-refractivity contribution in [3.63, 3.8) is 0 Å². The van der Waals surface area contributed by atoms with Crippen LogP contribution in [-0.2, 0) is 0 Å². The molecule has 0 aliphatic rings. The first-order chi connectivity index (χ1) is 9.20. The maximum absolute atomic E-state index is 5.48. The van der Waals surface area contributed by atoms with Crippen molar-refractivity contribution in [1.29, 1.82) is 0 Å². The largest absolute Gasteiger partial charge is 0.370 e. The quantitative estimate of drug-likeness (QED) is 0.688. The van der Waals surface area contributed by atoms with Crippen molar-refractivity contribution in [3.8, 4) is 0 Å². The summed E-state index contributed by atoms with van der Waals surface area (Å²) < 4.78 is 0. The Morgan fingerprint density at radius 1 is 1.42 bits per heavy atom. The van der Waals surface area contributed by atoms with Crippen molar-refractivity contribution in [2.75, 3.05) is 30.4 Å². The van der Waals surface area contributed by atoms with Gasteiger partial charge in [0.1, 0.15) is 17.5 Å². The molecule has 0 saturated carbocycles. The zero-order chi connectivity index (χ0) is 13.7. The van der Waals surface area contributed by atoms with Crippen molar-refractivity contribution < 1.29 is 0 Å². The zero-order valence-corrected chi connectivity index (χ0v) is 11.3. The molecule has 0 aromatic carbocycles. The third kappa shape index (κ3) is 3.45. The van der Waals surface area contributed by atoms with Gasteiger partial charge in [-0.2, -0.15) is 0 Å². The number of hydrogen-bond donors (Lipinski definition) is 3. The molecule has 2 aromatic heterocycles. The summed E-state index contributed by atoms with van der Waals surface area (Å²) in [5.41, 5.74) is 6.54. The summed E-state index contributed by atoms with van der Waals surface area (Å²) in [6.45, 7) is 3.38. The van der Waals surface area contributed by atoms with Gasteiger partial charge in [0, 0.05) is 32.1 Å². The van der Waals surface area contributed by atoms with Crippen LogP contribution in [0.15, 0.2) is 24.5 Å². The Hall–Kier alpha value is -2.08. The van der Waals surface area contributed by atoms with Gasteiger partial charge in [-0.3, -0.25) is 0 Å². The van der Waals surface area contributed by atoms with Crippen LogP contribution < -0.4 is 16.0 Å². The first-order valence-corrected chi connectivity index (χ1v) is 6.37. The molecule has 2 heterocycles. The van der Waals surface area contributed by atoms with E-state index in [1.165, 1.54) is 0 Å². The highest BCUT2D eigenvalue weighted by molar-refractivity contribution is 5.61. The molecule has 19 heavy (non-hydrogen) atoms. The highest BCUT2D eigenvalue weighted by Crippen LogP contribution is 2.22. The lowest BCUT2D eigenvalue weighted by Gasteiger charge is -2.17. The van der Waals surface area contributed by atoms with Gasteiger partial charge >= 0.3 is 0 Å². The number of aromatic amines is 1. The number of aryl methyl sites for hydroxylation is 1. The minimum Gasteiger partial charge on any atom is -0.370 e. The summed E-state index contributed by atoms with van der Waals surface area (Å²) in [5.74, 6) is 2.44. The molecule has 6 nitrogen and oxygen atoms in total. The normalized spacial score (nSPS) is 10.5. The van der Waals surface area contributed by atoms with Gasteiger partial charge in [-0.15, -0.1) is 0 Å². The van der Waals surface area contributed by atoms with Crippen molar-refractivity contribution in [2.24, 2.45) is 5.73 Å². The molecule has 102 valence electrons. The number of hydrogen-bond acceptors (Lipinski definition) is 5. The SMILES string of the molecule is Cc1nc(NCCCN)cc(N(C)c2cc[nH]c2)n1. The Kier molecular flexibility index (Phi) is 4.35. The van der Waals surface area contributed by atoms with Crippen LogP contribution in [0.4, 0.5) is 17.3 Å². The number of rotatable bonds is 6. The van der Waals surface area contributed by atoms with Crippen molar-refractivity contribution in [2.45, 2.75) is 13.3 Å². The van der Waals surface area contributed by atoms with Gasteiger partial charge in [0.2, 0.25) is 0 Å². The second-order valence-electron chi connectivity index (χ2n) is 4.36. The van der Waals surface area contributed by atoms with E-state index in [0.717, 1.165) is 36.1 Å². The fourth-order valence-corrected chi connectivity index (χ4v) is 1.79. The fourth-order valence-electron chi connectivity index (χ4n) is 1.79. The molecule has 4 N–H and O–H groups in total. The van der Waals surface area contributed by atoms with Crippen LogP contribution in [0.5, 0.6) is 0 Å². The Balaban J connectivity index is 2.16. The van der Waals surface area contributed by atoms with E-state index in [-0.39, 0.29) is 0 Å². The maximum Gasteiger partial charge on any atom is 0.138 e. The van der Waals surface area contributed by atoms with Crippen LogP contribution in [0.3, 0.4) is 0 Å². The van der Waals surface area contributed by atoms with E-state index in [9.17, 15) is 0 Å². The minimum absolute atomic E-state index is 0.674.